The molecule has 1 unspecified atom stereocenters. The van der Waals surface area contributed by atoms with Crippen molar-refractivity contribution in [2.75, 3.05) is 17.2 Å². The molecule has 3 aromatic rings. The lowest BCUT2D eigenvalue weighted by Gasteiger charge is -2.15. The maximum absolute atomic E-state index is 13.0. The molecule has 1 heterocycles. The van der Waals surface area contributed by atoms with Gasteiger partial charge in [0.25, 0.3) is 11.8 Å². The predicted octanol–water partition coefficient (Wildman–Crippen LogP) is 5.77. The summed E-state index contributed by atoms with van der Waals surface area (Å²) in [7, 11) is 0. The fourth-order valence-corrected chi connectivity index (χ4v) is 5.34. The SMILES string of the molecule is CCOC(=O)c1c(NC(=O)c2ccc(OC(C)C(=O)Nc3ccc(C)cc3)cc2)sc2c1CCCC2. The fourth-order valence-electron chi connectivity index (χ4n) is 4.07. The van der Waals surface area contributed by atoms with Crippen LogP contribution in [0.4, 0.5) is 10.7 Å². The van der Waals surface area contributed by atoms with E-state index in [2.05, 4.69) is 10.6 Å². The number of carbonyl (C=O) groups excluding carboxylic acids is 3. The highest BCUT2D eigenvalue weighted by molar-refractivity contribution is 7.17. The van der Waals surface area contributed by atoms with Crippen LogP contribution in [0, 0.1) is 6.92 Å². The largest absolute Gasteiger partial charge is 0.481 e. The van der Waals surface area contributed by atoms with Gasteiger partial charge in [-0.25, -0.2) is 4.79 Å². The van der Waals surface area contributed by atoms with Crippen LogP contribution < -0.4 is 15.4 Å². The van der Waals surface area contributed by atoms with Gasteiger partial charge >= 0.3 is 5.97 Å². The predicted molar refractivity (Wildman–Crippen MR) is 141 cm³/mol. The molecule has 0 radical (unpaired) electrons. The van der Waals surface area contributed by atoms with Crippen molar-refractivity contribution < 1.29 is 23.9 Å². The summed E-state index contributed by atoms with van der Waals surface area (Å²) in [5.74, 6) is -0.518. The number of hydrogen-bond donors (Lipinski definition) is 2. The topological polar surface area (TPSA) is 93.7 Å². The van der Waals surface area contributed by atoms with E-state index in [1.165, 1.54) is 11.3 Å². The Bertz CT molecular complexity index is 1250. The molecule has 0 fully saturated rings. The zero-order chi connectivity index (χ0) is 25.7. The van der Waals surface area contributed by atoms with Crippen LogP contribution in [0.2, 0.25) is 0 Å². The lowest BCUT2D eigenvalue weighted by atomic mass is 9.95. The number of esters is 1. The van der Waals surface area contributed by atoms with E-state index in [0.29, 0.717) is 27.6 Å². The Morgan fingerprint density at radius 2 is 1.67 bits per heavy atom. The minimum absolute atomic E-state index is 0.270. The minimum atomic E-state index is -0.726. The van der Waals surface area contributed by atoms with Gasteiger partial charge in [-0.05, 0) is 88.4 Å². The third-order valence-electron chi connectivity index (χ3n) is 6.00. The van der Waals surface area contributed by atoms with Crippen molar-refractivity contribution in [1.82, 2.24) is 0 Å². The average molecular weight is 507 g/mol. The number of nitrogens with one attached hydrogen (secondary N) is 2. The van der Waals surface area contributed by atoms with Gasteiger partial charge in [0.2, 0.25) is 0 Å². The highest BCUT2D eigenvalue weighted by Crippen LogP contribution is 2.38. The van der Waals surface area contributed by atoms with Gasteiger partial charge in [-0.15, -0.1) is 11.3 Å². The highest BCUT2D eigenvalue weighted by Gasteiger charge is 2.27. The minimum Gasteiger partial charge on any atom is -0.481 e. The quantitative estimate of drug-likeness (QED) is 0.378. The van der Waals surface area contributed by atoms with E-state index >= 15 is 0 Å². The number of aryl methyl sites for hydroxylation is 2. The van der Waals surface area contributed by atoms with Crippen molar-refractivity contribution in [2.24, 2.45) is 0 Å². The first-order chi connectivity index (χ1) is 17.4. The highest BCUT2D eigenvalue weighted by atomic mass is 32.1. The summed E-state index contributed by atoms with van der Waals surface area (Å²) in [4.78, 5) is 39.2. The molecule has 1 aliphatic carbocycles. The second-order valence-electron chi connectivity index (χ2n) is 8.73. The van der Waals surface area contributed by atoms with Crippen LogP contribution in [-0.2, 0) is 22.4 Å². The first-order valence-electron chi connectivity index (χ1n) is 12.1. The van der Waals surface area contributed by atoms with Crippen molar-refractivity contribution in [2.45, 2.75) is 52.6 Å². The third kappa shape index (κ3) is 5.94. The molecule has 0 spiro atoms. The number of hydrogen-bond acceptors (Lipinski definition) is 6. The number of fused-ring (bicyclic) bond motifs is 1. The fraction of sp³-hybridized carbons (Fsp3) is 0.321. The monoisotopic (exact) mass is 506 g/mol. The van der Waals surface area contributed by atoms with Crippen LogP contribution >= 0.6 is 11.3 Å². The van der Waals surface area contributed by atoms with E-state index < -0.39 is 12.1 Å². The molecule has 0 bridgehead atoms. The number of carbonyl (C=O) groups is 3. The van der Waals surface area contributed by atoms with Gasteiger partial charge in [-0.1, -0.05) is 17.7 Å². The van der Waals surface area contributed by atoms with Gasteiger partial charge in [0.15, 0.2) is 6.10 Å². The van der Waals surface area contributed by atoms with Gasteiger partial charge in [-0.2, -0.15) is 0 Å². The number of rotatable bonds is 8. The molecule has 36 heavy (non-hydrogen) atoms. The van der Waals surface area contributed by atoms with Gasteiger partial charge in [0.1, 0.15) is 10.8 Å². The Morgan fingerprint density at radius 3 is 2.36 bits per heavy atom. The molecular weight excluding hydrogens is 476 g/mol. The molecule has 188 valence electrons. The molecule has 2 aromatic carbocycles. The van der Waals surface area contributed by atoms with Crippen molar-refractivity contribution in [3.8, 4) is 5.75 Å². The number of ether oxygens (including phenoxy) is 2. The lowest BCUT2D eigenvalue weighted by molar-refractivity contribution is -0.122. The van der Waals surface area contributed by atoms with Gasteiger partial charge in [0.05, 0.1) is 12.2 Å². The van der Waals surface area contributed by atoms with Crippen molar-refractivity contribution in [3.63, 3.8) is 0 Å². The standard InChI is InChI=1S/C28H30N2O5S/c1-4-34-28(33)24-22-7-5-6-8-23(22)36-27(24)30-26(32)19-11-15-21(16-12-19)35-18(3)25(31)29-20-13-9-17(2)10-14-20/h9-16,18H,4-8H2,1-3H3,(H,29,31)(H,30,32). The normalized spacial score (nSPS) is 13.3. The Morgan fingerprint density at radius 1 is 0.972 bits per heavy atom. The Kier molecular flexibility index (Phi) is 8.05. The molecule has 7 nitrogen and oxygen atoms in total. The summed E-state index contributed by atoms with van der Waals surface area (Å²) in [5.41, 5.74) is 3.71. The van der Waals surface area contributed by atoms with Crippen LogP contribution in [0.1, 0.15) is 63.4 Å². The van der Waals surface area contributed by atoms with Gasteiger partial charge < -0.3 is 20.1 Å². The third-order valence-corrected chi connectivity index (χ3v) is 7.20. The summed E-state index contributed by atoms with van der Waals surface area (Å²) in [5, 5.41) is 6.27. The molecule has 4 rings (SSSR count). The molecule has 0 aliphatic heterocycles. The van der Waals surface area contributed by atoms with E-state index in [0.717, 1.165) is 41.7 Å². The summed E-state index contributed by atoms with van der Waals surface area (Å²) in [6.45, 7) is 5.69. The molecule has 1 aromatic heterocycles. The smallest absolute Gasteiger partial charge is 0.341 e. The van der Waals surface area contributed by atoms with Crippen LogP contribution in [0.25, 0.3) is 0 Å². The molecule has 1 aliphatic rings. The Hall–Kier alpha value is -3.65. The van der Waals surface area contributed by atoms with E-state index in [-0.39, 0.29) is 18.4 Å². The van der Waals surface area contributed by atoms with Crippen LogP contribution in [-0.4, -0.2) is 30.5 Å². The summed E-state index contributed by atoms with van der Waals surface area (Å²) >= 11 is 1.45. The van der Waals surface area contributed by atoms with Crippen LogP contribution in [0.3, 0.4) is 0 Å². The average Bonchev–Trinajstić information content (AvgIpc) is 3.23. The first-order valence-corrected chi connectivity index (χ1v) is 12.9. The number of thiophene rings is 1. The summed E-state index contributed by atoms with van der Waals surface area (Å²) in [6.07, 6.45) is 3.09. The number of amides is 2. The number of benzene rings is 2. The maximum atomic E-state index is 13.0. The zero-order valence-corrected chi connectivity index (χ0v) is 21.5. The van der Waals surface area contributed by atoms with E-state index in [4.69, 9.17) is 9.47 Å². The first kappa shape index (κ1) is 25.4. The molecule has 1 atom stereocenters. The van der Waals surface area contributed by atoms with Crippen molar-refractivity contribution in [1.29, 1.82) is 0 Å². The second-order valence-corrected chi connectivity index (χ2v) is 9.83. The van der Waals surface area contributed by atoms with Crippen molar-refractivity contribution in [3.05, 3.63) is 75.7 Å². The molecule has 0 saturated carbocycles. The Labute approximate surface area is 214 Å². The number of anilines is 2. The van der Waals surface area contributed by atoms with E-state index in [1.54, 1.807) is 38.1 Å². The molecule has 0 saturated heterocycles. The van der Waals surface area contributed by atoms with E-state index in [9.17, 15) is 14.4 Å². The summed E-state index contributed by atoms with van der Waals surface area (Å²) in [6, 6.07) is 14.1. The molecule has 8 heteroatoms. The lowest BCUT2D eigenvalue weighted by Crippen LogP contribution is -2.30. The maximum Gasteiger partial charge on any atom is 0.341 e. The molecular formula is C28H30N2O5S. The molecule has 2 amide bonds. The van der Waals surface area contributed by atoms with Crippen LogP contribution in [0.5, 0.6) is 5.75 Å². The van der Waals surface area contributed by atoms with Gasteiger partial charge in [0, 0.05) is 16.1 Å². The van der Waals surface area contributed by atoms with Crippen molar-refractivity contribution >= 4 is 39.8 Å². The molecule has 2 N–H and O–H groups in total. The second kappa shape index (κ2) is 11.4. The summed E-state index contributed by atoms with van der Waals surface area (Å²) < 4.78 is 11.0. The Balaban J connectivity index is 1.41. The van der Waals surface area contributed by atoms with E-state index in [1.807, 2.05) is 31.2 Å². The van der Waals surface area contributed by atoms with Crippen LogP contribution in [0.15, 0.2) is 48.5 Å². The van der Waals surface area contributed by atoms with Gasteiger partial charge in [-0.3, -0.25) is 9.59 Å². The zero-order valence-electron chi connectivity index (χ0n) is 20.7.